The van der Waals surface area contributed by atoms with Crippen molar-refractivity contribution in [3.05, 3.63) is 10.6 Å². The minimum atomic E-state index is -0.585. The lowest BCUT2D eigenvalue weighted by atomic mass is 9.64. The van der Waals surface area contributed by atoms with Crippen LogP contribution in [-0.2, 0) is 19.2 Å². The Morgan fingerprint density at radius 2 is 1.18 bits per heavy atom. The molecule has 1 spiro atoms. The first kappa shape index (κ1) is 31.1. The van der Waals surface area contributed by atoms with E-state index < -0.39 is 11.1 Å². The van der Waals surface area contributed by atoms with Crippen LogP contribution in [0.15, 0.2) is 15.7 Å². The van der Waals surface area contributed by atoms with Gasteiger partial charge in [-0.25, -0.2) is 9.98 Å². The molecule has 1 aromatic rings. The van der Waals surface area contributed by atoms with Gasteiger partial charge in [-0.2, -0.15) is 4.98 Å². The Bertz CT molecular complexity index is 1690. The zero-order valence-corrected chi connectivity index (χ0v) is 29.5. The van der Waals surface area contributed by atoms with Gasteiger partial charge in [0.15, 0.2) is 39.9 Å². The number of aromatic nitrogens is 1. The quantitative estimate of drug-likeness (QED) is 0.349. The Hall–Kier alpha value is -2.66. The van der Waals surface area contributed by atoms with Crippen LogP contribution in [0.1, 0.15) is 114 Å². The van der Waals surface area contributed by atoms with Crippen LogP contribution < -0.4 is 10.1 Å². The molecule has 9 nitrogen and oxygen atoms in total. The van der Waals surface area contributed by atoms with Gasteiger partial charge in [-0.3, -0.25) is 19.2 Å². The van der Waals surface area contributed by atoms with Crippen molar-refractivity contribution >= 4 is 67.7 Å². The largest absolute Gasteiger partial charge is 0.463 e. The number of Topliss-reactive ketones (excluding diaryl/α,β-unsaturated/α-hetero) is 4. The number of aliphatic imine (C=N–C) groups is 2. The molecule has 3 heterocycles. The van der Waals surface area contributed by atoms with Gasteiger partial charge in [0.2, 0.25) is 11.0 Å². The molecule has 1 N–H and O–H groups in total. The number of nitrogens with zero attached hydrogens (tertiary/aromatic N) is 3. The fourth-order valence-electron chi connectivity index (χ4n) is 11.5. The molecule has 0 bridgehead atoms. The number of hydrogen-bond acceptors (Lipinski definition) is 11. The van der Waals surface area contributed by atoms with Gasteiger partial charge in [0.1, 0.15) is 10.6 Å². The van der Waals surface area contributed by atoms with E-state index in [0.29, 0.717) is 34.7 Å². The molecule has 0 saturated heterocycles. The zero-order valence-electron chi connectivity index (χ0n) is 27.9. The molecule has 2 aliphatic heterocycles. The van der Waals surface area contributed by atoms with Crippen molar-refractivity contribution in [2.45, 2.75) is 120 Å². The Balaban J connectivity index is 0.940. The third kappa shape index (κ3) is 4.86. The van der Waals surface area contributed by atoms with E-state index >= 15 is 0 Å². The first-order valence-electron chi connectivity index (χ1n) is 19.1. The lowest BCUT2D eigenvalue weighted by molar-refractivity contribution is -0.123. The summed E-state index contributed by atoms with van der Waals surface area (Å²) >= 11 is 2.87. The minimum Gasteiger partial charge on any atom is -0.463 e. The molecular formula is C38H44N4O5S2. The summed E-state index contributed by atoms with van der Waals surface area (Å²) in [6.07, 6.45) is 17.7. The van der Waals surface area contributed by atoms with Crippen molar-refractivity contribution < 1.29 is 23.9 Å². The van der Waals surface area contributed by atoms with E-state index in [2.05, 4.69) is 10.3 Å². The van der Waals surface area contributed by atoms with E-state index in [-0.39, 0.29) is 58.2 Å². The number of nitrogens with one attached hydrogen (secondary N) is 1. The predicted octanol–water partition coefficient (Wildman–Crippen LogP) is 7.01. The van der Waals surface area contributed by atoms with Gasteiger partial charge in [0.05, 0.1) is 10.6 Å². The predicted molar refractivity (Wildman–Crippen MR) is 188 cm³/mol. The lowest BCUT2D eigenvalue weighted by Gasteiger charge is -2.40. The number of carbonyl (C=O) groups is 4. The highest BCUT2D eigenvalue weighted by Gasteiger charge is 2.55. The zero-order chi connectivity index (χ0) is 33.0. The number of thioether (sulfide) groups is 1. The third-order valence-corrected chi connectivity index (χ3v) is 16.2. The van der Waals surface area contributed by atoms with Crippen LogP contribution in [0.4, 0.5) is 5.13 Å². The van der Waals surface area contributed by atoms with Crippen LogP contribution in [0.5, 0.6) is 5.88 Å². The standard InChI is InChI=1S/C38H44N4O5S2/c43-28-22-14-18-8-2-3-9-19(18)15-23(22)29(44)26(28)39-36-41-34-32(48-36)33-35(47-38(34)12-6-1-7-13-38)42-37(49-33)40-27-30(45)24-16-20-10-4-5-11-21(20)17-25(24)31(27)46/h18-25,36,41H,1-17H2. The van der Waals surface area contributed by atoms with Gasteiger partial charge < -0.3 is 10.1 Å². The van der Waals surface area contributed by atoms with Crippen molar-refractivity contribution in [3.63, 3.8) is 0 Å². The second kappa shape index (κ2) is 11.7. The molecule has 9 aliphatic rings. The van der Waals surface area contributed by atoms with E-state index in [4.69, 9.17) is 14.7 Å². The SMILES string of the molecule is O=C1C(=Nc2nc3c(s2)C2=C(NC(N=C4C(=O)C5CC6CCCCC6CC5C4=O)S2)C2(CCCCC2)O3)C(=O)C2CC3CCCCC3CC12. The second-order valence-corrected chi connectivity index (χ2v) is 18.5. The van der Waals surface area contributed by atoms with Crippen molar-refractivity contribution in [1.82, 2.24) is 10.3 Å². The van der Waals surface area contributed by atoms with Gasteiger partial charge in [-0.05, 0) is 75.0 Å². The number of ketones is 4. The van der Waals surface area contributed by atoms with Gasteiger partial charge in [0, 0.05) is 23.7 Å². The highest BCUT2D eigenvalue weighted by molar-refractivity contribution is 8.09. The Morgan fingerprint density at radius 3 is 1.71 bits per heavy atom. The molecule has 7 fully saturated rings. The summed E-state index contributed by atoms with van der Waals surface area (Å²) in [6.45, 7) is 0. The first-order valence-corrected chi connectivity index (χ1v) is 20.8. The smallest absolute Gasteiger partial charge is 0.236 e. The van der Waals surface area contributed by atoms with Crippen LogP contribution in [0, 0.1) is 47.3 Å². The Kier molecular flexibility index (Phi) is 7.42. The molecular weight excluding hydrogens is 657 g/mol. The molecule has 9 atom stereocenters. The van der Waals surface area contributed by atoms with Crippen LogP contribution in [0.3, 0.4) is 0 Å². The van der Waals surface area contributed by atoms with Gasteiger partial charge in [-0.15, -0.1) is 0 Å². The summed E-state index contributed by atoms with van der Waals surface area (Å²) in [5.41, 5.74) is 0.0873. The van der Waals surface area contributed by atoms with Crippen molar-refractivity contribution in [2.24, 2.45) is 57.3 Å². The average Bonchev–Trinajstić information content (AvgIpc) is 3.85. The van der Waals surface area contributed by atoms with E-state index in [1.54, 1.807) is 0 Å². The molecule has 9 unspecified atom stereocenters. The molecule has 1 aromatic heterocycles. The van der Waals surface area contributed by atoms with Crippen molar-refractivity contribution in [2.75, 3.05) is 0 Å². The molecule has 7 saturated carbocycles. The molecule has 0 aromatic carbocycles. The van der Waals surface area contributed by atoms with Gasteiger partial charge in [0.25, 0.3) is 0 Å². The fraction of sp³-hybridized carbons (Fsp3) is 0.711. The fourth-order valence-corrected chi connectivity index (χ4v) is 13.7. The monoisotopic (exact) mass is 700 g/mol. The number of thiazole rings is 1. The first-order chi connectivity index (χ1) is 23.9. The highest BCUT2D eigenvalue weighted by atomic mass is 32.2. The number of fused-ring (bicyclic) bond motifs is 7. The Morgan fingerprint density at radius 1 is 0.673 bits per heavy atom. The summed E-state index contributed by atoms with van der Waals surface area (Å²) < 4.78 is 6.77. The molecule has 7 aliphatic carbocycles. The summed E-state index contributed by atoms with van der Waals surface area (Å²) in [5, 5.41) is 3.98. The maximum absolute atomic E-state index is 13.7. The number of ether oxygens (including phenoxy) is 1. The average molecular weight is 701 g/mol. The maximum Gasteiger partial charge on any atom is 0.236 e. The Labute approximate surface area is 295 Å². The second-order valence-electron chi connectivity index (χ2n) is 16.5. The number of rotatable bonds is 2. The maximum atomic E-state index is 13.7. The number of hydrogen-bond donors (Lipinski definition) is 1. The summed E-state index contributed by atoms with van der Waals surface area (Å²) in [4.78, 5) is 70.8. The molecule has 0 radical (unpaired) electrons. The van der Waals surface area contributed by atoms with Gasteiger partial charge >= 0.3 is 0 Å². The van der Waals surface area contributed by atoms with Crippen LogP contribution in [0.25, 0.3) is 4.91 Å². The normalized spacial score (nSPS) is 39.1. The van der Waals surface area contributed by atoms with E-state index in [9.17, 15) is 19.2 Å². The molecule has 258 valence electrons. The van der Waals surface area contributed by atoms with E-state index in [0.717, 1.165) is 73.3 Å². The lowest BCUT2D eigenvalue weighted by Crippen LogP contribution is -2.46. The molecule has 10 rings (SSSR count). The van der Waals surface area contributed by atoms with Crippen molar-refractivity contribution in [3.8, 4) is 5.88 Å². The molecule has 49 heavy (non-hydrogen) atoms. The van der Waals surface area contributed by atoms with Crippen LogP contribution in [-0.4, -0.2) is 50.6 Å². The van der Waals surface area contributed by atoms with Gasteiger partial charge in [-0.1, -0.05) is 80.9 Å². The van der Waals surface area contributed by atoms with Crippen molar-refractivity contribution in [1.29, 1.82) is 0 Å². The molecule has 0 amide bonds. The summed E-state index contributed by atoms with van der Waals surface area (Å²) in [5.74, 6) is 1.51. The summed E-state index contributed by atoms with van der Waals surface area (Å²) in [6, 6.07) is 0. The van der Waals surface area contributed by atoms with E-state index in [1.807, 2.05) is 0 Å². The van der Waals surface area contributed by atoms with E-state index in [1.165, 1.54) is 74.5 Å². The minimum absolute atomic E-state index is 0.0581. The molecule has 11 heteroatoms. The summed E-state index contributed by atoms with van der Waals surface area (Å²) in [7, 11) is 0. The highest BCUT2D eigenvalue weighted by Crippen LogP contribution is 2.57. The topological polar surface area (TPSA) is 127 Å². The van der Waals surface area contributed by atoms with Crippen LogP contribution >= 0.6 is 23.1 Å². The number of carbonyl (C=O) groups excluding carboxylic acids is 4. The van der Waals surface area contributed by atoms with Crippen LogP contribution in [0.2, 0.25) is 0 Å². The third-order valence-electron chi connectivity index (χ3n) is 14.0.